The van der Waals surface area contributed by atoms with E-state index in [0.717, 1.165) is 37.7 Å². The smallest absolute Gasteiger partial charge is 0.338 e. The highest BCUT2D eigenvalue weighted by molar-refractivity contribution is 5.80. The molecule has 0 unspecified atom stereocenters. The Morgan fingerprint density at radius 1 is 0.789 bits per heavy atom. The van der Waals surface area contributed by atoms with Gasteiger partial charge in [0.1, 0.15) is 12.2 Å². The van der Waals surface area contributed by atoms with Crippen molar-refractivity contribution in [3.63, 3.8) is 0 Å². The van der Waals surface area contributed by atoms with Gasteiger partial charge in [-0.15, -0.1) is 0 Å². The van der Waals surface area contributed by atoms with E-state index in [4.69, 9.17) is 18.9 Å². The van der Waals surface area contributed by atoms with E-state index in [0.29, 0.717) is 45.5 Å². The number of esters is 2. The summed E-state index contributed by atoms with van der Waals surface area (Å²) >= 11 is 0. The molecule has 212 valence electrons. The first-order valence-corrected chi connectivity index (χ1v) is 14.1. The van der Waals surface area contributed by atoms with E-state index in [1.165, 1.54) is 11.1 Å². The number of ether oxygens (including phenoxy) is 4. The van der Waals surface area contributed by atoms with Crippen LogP contribution in [0.4, 0.5) is 0 Å². The third-order valence-electron chi connectivity index (χ3n) is 7.55. The van der Waals surface area contributed by atoms with Gasteiger partial charge in [0.2, 0.25) is 0 Å². The minimum absolute atomic E-state index is 0.205. The zero-order valence-electron chi connectivity index (χ0n) is 24.2. The van der Waals surface area contributed by atoms with E-state index in [2.05, 4.69) is 13.2 Å². The lowest BCUT2D eigenvalue weighted by atomic mass is 9.82. The summed E-state index contributed by atoms with van der Waals surface area (Å²) < 4.78 is 22.6. The van der Waals surface area contributed by atoms with Crippen LogP contribution >= 0.6 is 0 Å². The normalized spacial score (nSPS) is 18.7. The predicted molar refractivity (Wildman–Crippen MR) is 151 cm³/mol. The summed E-state index contributed by atoms with van der Waals surface area (Å²) in [6.45, 7) is 19.0. The highest BCUT2D eigenvalue weighted by atomic mass is 16.6. The maximum Gasteiger partial charge on any atom is 0.338 e. The first-order valence-electron chi connectivity index (χ1n) is 14.1. The van der Waals surface area contributed by atoms with Crippen molar-refractivity contribution >= 4 is 11.9 Å². The Bertz CT molecular complexity index is 913. The van der Waals surface area contributed by atoms with E-state index in [1.54, 1.807) is 0 Å². The molecule has 0 atom stereocenters. The lowest BCUT2D eigenvalue weighted by Gasteiger charge is -2.38. The van der Waals surface area contributed by atoms with Gasteiger partial charge in [-0.1, -0.05) is 61.6 Å². The van der Waals surface area contributed by atoms with Crippen molar-refractivity contribution in [3.8, 4) is 0 Å². The number of hydrogen-bond acceptors (Lipinski definition) is 6. The molecule has 0 amide bonds. The molecule has 0 saturated heterocycles. The molecule has 0 spiro atoms. The third-order valence-corrected chi connectivity index (χ3v) is 7.55. The van der Waals surface area contributed by atoms with Crippen LogP contribution < -0.4 is 0 Å². The Hall–Kier alpha value is -2.44. The van der Waals surface area contributed by atoms with E-state index in [9.17, 15) is 9.59 Å². The molecular weight excluding hydrogens is 480 g/mol. The number of benzene rings is 1. The molecule has 2 saturated carbocycles. The summed E-state index contributed by atoms with van der Waals surface area (Å²) in [6.07, 6.45) is 6.90. The van der Waals surface area contributed by atoms with E-state index in [1.807, 2.05) is 65.0 Å². The molecule has 38 heavy (non-hydrogen) atoms. The van der Waals surface area contributed by atoms with E-state index in [-0.39, 0.29) is 11.9 Å². The van der Waals surface area contributed by atoms with Crippen LogP contribution in [0.5, 0.6) is 0 Å². The summed E-state index contributed by atoms with van der Waals surface area (Å²) in [7, 11) is 0. The molecule has 1 aromatic carbocycles. The number of carbonyl (C=O) groups is 2. The molecule has 2 fully saturated rings. The topological polar surface area (TPSA) is 71.1 Å². The number of allylic oxidation sites excluding steroid dienone is 2. The van der Waals surface area contributed by atoms with Gasteiger partial charge in [0.25, 0.3) is 0 Å². The molecule has 3 rings (SSSR count). The van der Waals surface area contributed by atoms with Crippen molar-refractivity contribution in [1.29, 1.82) is 0 Å². The van der Waals surface area contributed by atoms with Gasteiger partial charge in [0, 0.05) is 13.2 Å². The lowest BCUT2D eigenvalue weighted by molar-refractivity contribution is -0.188. The van der Waals surface area contributed by atoms with Crippen LogP contribution in [0.3, 0.4) is 0 Å². The summed E-state index contributed by atoms with van der Waals surface area (Å²) in [5, 5.41) is 0. The standard InChI is InChI=1S/C17H22O3.C15H26O3/c1-3-20-17(11-9-14(2)10-12-17)16(18)19-13-15-7-5-4-6-8-15;1-6-14(4,5)18-13(16)15(17-7-2)10-8-12(3)9-11-15/h4-8H,2-3,9-13H2,1H3;3,6-11H2,1-2,4-5H3. The van der Waals surface area contributed by atoms with Crippen molar-refractivity contribution in [2.45, 2.75) is 116 Å². The molecule has 1 aromatic rings. The Kier molecular flexibility index (Phi) is 12.2. The summed E-state index contributed by atoms with van der Waals surface area (Å²) in [5.74, 6) is -0.445. The average molecular weight is 529 g/mol. The van der Waals surface area contributed by atoms with Gasteiger partial charge < -0.3 is 18.9 Å². The van der Waals surface area contributed by atoms with Gasteiger partial charge >= 0.3 is 11.9 Å². The van der Waals surface area contributed by atoms with Gasteiger partial charge in [-0.05, 0) is 91.0 Å². The van der Waals surface area contributed by atoms with Crippen LogP contribution in [0.2, 0.25) is 0 Å². The van der Waals surface area contributed by atoms with Crippen molar-refractivity contribution in [2.24, 2.45) is 0 Å². The van der Waals surface area contributed by atoms with Crippen LogP contribution in [-0.2, 0) is 35.1 Å². The largest absolute Gasteiger partial charge is 0.459 e. The third kappa shape index (κ3) is 9.09. The molecule has 2 aliphatic carbocycles. The maximum atomic E-state index is 12.4. The summed E-state index contributed by atoms with van der Waals surface area (Å²) in [6, 6.07) is 9.71. The van der Waals surface area contributed by atoms with Crippen molar-refractivity contribution < 1.29 is 28.5 Å². The van der Waals surface area contributed by atoms with Gasteiger partial charge in [-0.2, -0.15) is 0 Å². The van der Waals surface area contributed by atoms with Crippen molar-refractivity contribution in [3.05, 3.63) is 60.2 Å². The first kappa shape index (κ1) is 31.8. The molecule has 0 aromatic heterocycles. The lowest BCUT2D eigenvalue weighted by Crippen LogP contribution is -2.47. The zero-order chi connectivity index (χ0) is 28.2. The summed E-state index contributed by atoms with van der Waals surface area (Å²) in [4.78, 5) is 24.8. The monoisotopic (exact) mass is 528 g/mol. The predicted octanol–water partition coefficient (Wildman–Crippen LogP) is 7.26. The van der Waals surface area contributed by atoms with Crippen LogP contribution in [0.1, 0.15) is 98.0 Å². The van der Waals surface area contributed by atoms with Gasteiger partial charge in [-0.3, -0.25) is 0 Å². The molecule has 0 aliphatic heterocycles. The van der Waals surface area contributed by atoms with Gasteiger partial charge in [0.05, 0.1) is 0 Å². The highest BCUT2D eigenvalue weighted by Gasteiger charge is 2.44. The van der Waals surface area contributed by atoms with E-state index < -0.39 is 16.8 Å². The molecule has 0 radical (unpaired) electrons. The molecular formula is C32H48O6. The van der Waals surface area contributed by atoms with Gasteiger partial charge in [-0.25, -0.2) is 9.59 Å². The Labute approximate surface area is 229 Å². The Morgan fingerprint density at radius 3 is 1.66 bits per heavy atom. The fourth-order valence-corrected chi connectivity index (χ4v) is 4.65. The number of hydrogen-bond donors (Lipinski definition) is 0. The molecule has 6 heteroatoms. The maximum absolute atomic E-state index is 12.4. The SMILES string of the molecule is C=C1CCC(OCC)(C(=O)OC(C)(C)CC)CC1.C=C1CCC(OCC)(C(=O)OCc2ccccc2)CC1. The number of carbonyl (C=O) groups excluding carboxylic acids is 2. The first-order chi connectivity index (χ1) is 18.0. The fraction of sp³-hybridized carbons (Fsp3) is 0.625. The minimum Gasteiger partial charge on any atom is -0.459 e. The Morgan fingerprint density at radius 2 is 1.24 bits per heavy atom. The molecule has 0 N–H and O–H groups in total. The van der Waals surface area contributed by atoms with Crippen LogP contribution in [0, 0.1) is 0 Å². The average Bonchev–Trinajstić information content (AvgIpc) is 2.91. The van der Waals surface area contributed by atoms with Crippen molar-refractivity contribution in [2.75, 3.05) is 13.2 Å². The second kappa shape index (κ2) is 14.6. The highest BCUT2D eigenvalue weighted by Crippen LogP contribution is 2.37. The summed E-state index contributed by atoms with van der Waals surface area (Å²) in [5.41, 5.74) is 1.44. The second-order valence-electron chi connectivity index (χ2n) is 10.9. The zero-order valence-corrected chi connectivity index (χ0v) is 24.2. The molecule has 2 aliphatic rings. The second-order valence-corrected chi connectivity index (χ2v) is 10.9. The number of rotatable bonds is 10. The molecule has 0 bridgehead atoms. The fourth-order valence-electron chi connectivity index (χ4n) is 4.65. The van der Waals surface area contributed by atoms with Crippen LogP contribution in [0.25, 0.3) is 0 Å². The molecule has 0 heterocycles. The van der Waals surface area contributed by atoms with Crippen LogP contribution in [-0.4, -0.2) is 42.0 Å². The van der Waals surface area contributed by atoms with E-state index >= 15 is 0 Å². The van der Waals surface area contributed by atoms with Gasteiger partial charge in [0.15, 0.2) is 11.2 Å². The minimum atomic E-state index is -0.773. The quantitative estimate of drug-likeness (QED) is 0.235. The van der Waals surface area contributed by atoms with Crippen molar-refractivity contribution in [1.82, 2.24) is 0 Å². The Balaban J connectivity index is 0.000000269. The van der Waals surface area contributed by atoms with Crippen LogP contribution in [0.15, 0.2) is 54.6 Å². The molecule has 6 nitrogen and oxygen atoms in total.